The first-order chi connectivity index (χ1) is 6.65. The van der Waals surface area contributed by atoms with Gasteiger partial charge in [-0.2, -0.15) is 0 Å². The second-order valence-electron chi connectivity index (χ2n) is 3.17. The summed E-state index contributed by atoms with van der Waals surface area (Å²) in [7, 11) is 0. The fourth-order valence-electron chi connectivity index (χ4n) is 1.59. The Morgan fingerprint density at radius 3 is 2.86 bits per heavy atom. The van der Waals surface area contributed by atoms with Crippen LogP contribution in [0.2, 0.25) is 0 Å². The second kappa shape index (κ2) is 3.37. The first kappa shape index (κ1) is 9.68. The molecule has 0 amide bonds. The molecule has 0 unspecified atom stereocenters. The summed E-state index contributed by atoms with van der Waals surface area (Å²) in [6, 6.07) is 3.06. The van der Waals surface area contributed by atoms with E-state index in [2.05, 4.69) is 20.9 Å². The summed E-state index contributed by atoms with van der Waals surface area (Å²) < 4.78 is 13.6. The highest BCUT2D eigenvalue weighted by molar-refractivity contribution is 9.10. The highest BCUT2D eigenvalue weighted by atomic mass is 79.9. The molecule has 0 radical (unpaired) electrons. The van der Waals surface area contributed by atoms with E-state index in [-0.39, 0.29) is 12.4 Å². The maximum atomic E-state index is 13.2. The first-order valence-corrected chi connectivity index (χ1v) is 5.00. The van der Waals surface area contributed by atoms with E-state index in [0.29, 0.717) is 9.99 Å². The molecule has 2 nitrogen and oxygen atoms in total. The Hall–Kier alpha value is -0.870. The number of rotatable bonds is 1. The van der Waals surface area contributed by atoms with Crippen molar-refractivity contribution in [3.8, 4) is 0 Å². The predicted molar refractivity (Wildman–Crippen MR) is 56.6 cm³/mol. The van der Waals surface area contributed by atoms with Crippen molar-refractivity contribution in [3.63, 3.8) is 0 Å². The number of hydrogen-bond donors (Lipinski definition) is 2. The molecule has 2 aromatic rings. The molecule has 0 aliphatic carbocycles. The van der Waals surface area contributed by atoms with Crippen molar-refractivity contribution in [3.05, 3.63) is 33.7 Å². The highest BCUT2D eigenvalue weighted by Gasteiger charge is 2.11. The standard InChI is InChI=1S/C10H9BrFNO/c1-5-7(4-14)6-2-3-8(12)9(11)10(6)13-5/h2-3,13-14H,4H2,1H3. The number of aliphatic hydroxyl groups excluding tert-OH is 1. The summed E-state index contributed by atoms with van der Waals surface area (Å²) in [5.41, 5.74) is 2.39. The van der Waals surface area contributed by atoms with Gasteiger partial charge in [0.15, 0.2) is 0 Å². The predicted octanol–water partition coefficient (Wildman–Crippen LogP) is 2.87. The van der Waals surface area contributed by atoms with E-state index in [1.165, 1.54) is 6.07 Å². The summed E-state index contributed by atoms with van der Waals surface area (Å²) in [6.07, 6.45) is 0. The number of aryl methyl sites for hydroxylation is 1. The Kier molecular flexibility index (Phi) is 2.33. The van der Waals surface area contributed by atoms with Crippen molar-refractivity contribution in [1.82, 2.24) is 4.98 Å². The Balaban J connectivity index is 2.87. The molecule has 2 N–H and O–H groups in total. The highest BCUT2D eigenvalue weighted by Crippen LogP contribution is 2.30. The number of hydrogen-bond acceptors (Lipinski definition) is 1. The van der Waals surface area contributed by atoms with Gasteiger partial charge in [-0.3, -0.25) is 0 Å². The van der Waals surface area contributed by atoms with Gasteiger partial charge in [-0.25, -0.2) is 4.39 Å². The van der Waals surface area contributed by atoms with Gasteiger partial charge in [0.25, 0.3) is 0 Å². The topological polar surface area (TPSA) is 36.0 Å². The SMILES string of the molecule is Cc1[nH]c2c(Br)c(F)ccc2c1CO. The van der Waals surface area contributed by atoms with Crippen LogP contribution < -0.4 is 0 Å². The minimum Gasteiger partial charge on any atom is -0.392 e. The quantitative estimate of drug-likeness (QED) is 0.810. The van der Waals surface area contributed by atoms with Gasteiger partial charge in [-0.1, -0.05) is 0 Å². The third-order valence-electron chi connectivity index (χ3n) is 2.34. The number of nitrogens with one attached hydrogen (secondary N) is 1. The van der Waals surface area contributed by atoms with E-state index in [4.69, 9.17) is 5.11 Å². The first-order valence-electron chi connectivity index (χ1n) is 4.21. The monoisotopic (exact) mass is 257 g/mol. The number of fused-ring (bicyclic) bond motifs is 1. The number of aromatic nitrogens is 1. The van der Waals surface area contributed by atoms with E-state index in [0.717, 1.165) is 16.6 Å². The zero-order chi connectivity index (χ0) is 10.3. The van der Waals surface area contributed by atoms with Crippen LogP contribution >= 0.6 is 15.9 Å². The number of halogens is 2. The number of aromatic amines is 1. The maximum Gasteiger partial charge on any atom is 0.139 e. The molecule has 0 spiro atoms. The lowest BCUT2D eigenvalue weighted by atomic mass is 10.1. The molecule has 14 heavy (non-hydrogen) atoms. The van der Waals surface area contributed by atoms with Gasteiger partial charge in [-0.15, -0.1) is 0 Å². The molecule has 2 rings (SSSR count). The van der Waals surface area contributed by atoms with Crippen LogP contribution in [0.3, 0.4) is 0 Å². The number of H-pyrrole nitrogens is 1. The van der Waals surface area contributed by atoms with Gasteiger partial charge >= 0.3 is 0 Å². The molecule has 0 aliphatic heterocycles. The van der Waals surface area contributed by atoms with Gasteiger partial charge in [0.05, 0.1) is 16.6 Å². The van der Waals surface area contributed by atoms with E-state index in [9.17, 15) is 4.39 Å². The van der Waals surface area contributed by atoms with Gasteiger partial charge in [-0.05, 0) is 35.0 Å². The summed E-state index contributed by atoms with van der Waals surface area (Å²) in [4.78, 5) is 3.04. The minimum atomic E-state index is -0.303. The van der Waals surface area contributed by atoms with E-state index < -0.39 is 0 Å². The van der Waals surface area contributed by atoms with Crippen LogP contribution in [-0.2, 0) is 6.61 Å². The average molecular weight is 258 g/mol. The van der Waals surface area contributed by atoms with Crippen LogP contribution in [0.25, 0.3) is 10.9 Å². The Bertz CT molecular complexity index is 492. The van der Waals surface area contributed by atoms with Crippen LogP contribution in [0, 0.1) is 12.7 Å². The smallest absolute Gasteiger partial charge is 0.139 e. The van der Waals surface area contributed by atoms with Crippen LogP contribution in [0.5, 0.6) is 0 Å². The van der Waals surface area contributed by atoms with E-state index in [1.807, 2.05) is 6.92 Å². The molecule has 4 heteroatoms. The molecule has 74 valence electrons. The molecular weight excluding hydrogens is 249 g/mol. The lowest BCUT2D eigenvalue weighted by molar-refractivity contribution is 0.282. The van der Waals surface area contributed by atoms with E-state index in [1.54, 1.807) is 6.07 Å². The van der Waals surface area contributed by atoms with E-state index >= 15 is 0 Å². The molecule has 0 fully saturated rings. The molecule has 0 saturated heterocycles. The van der Waals surface area contributed by atoms with Gasteiger partial charge in [0, 0.05) is 16.6 Å². The van der Waals surface area contributed by atoms with Crippen LogP contribution in [0.4, 0.5) is 4.39 Å². The van der Waals surface area contributed by atoms with Crippen LogP contribution in [0.1, 0.15) is 11.3 Å². The van der Waals surface area contributed by atoms with Gasteiger partial charge in [0.1, 0.15) is 5.82 Å². The molecule has 1 heterocycles. The molecule has 1 aromatic heterocycles. The lowest BCUT2D eigenvalue weighted by Crippen LogP contribution is -1.83. The molecule has 0 aliphatic rings. The van der Waals surface area contributed by atoms with Crippen molar-refractivity contribution in [2.75, 3.05) is 0 Å². The minimum absolute atomic E-state index is 0.0378. The lowest BCUT2D eigenvalue weighted by Gasteiger charge is -1.97. The summed E-state index contributed by atoms with van der Waals surface area (Å²) in [6.45, 7) is 1.82. The number of benzene rings is 1. The molecule has 0 bridgehead atoms. The second-order valence-corrected chi connectivity index (χ2v) is 3.96. The van der Waals surface area contributed by atoms with Crippen LogP contribution in [0.15, 0.2) is 16.6 Å². The van der Waals surface area contributed by atoms with Gasteiger partial charge < -0.3 is 10.1 Å². The molecular formula is C10H9BrFNO. The average Bonchev–Trinajstić information content (AvgIpc) is 2.49. The fraction of sp³-hybridized carbons (Fsp3) is 0.200. The van der Waals surface area contributed by atoms with Crippen molar-refractivity contribution in [1.29, 1.82) is 0 Å². The number of aliphatic hydroxyl groups is 1. The zero-order valence-corrected chi connectivity index (χ0v) is 9.15. The fourth-order valence-corrected chi connectivity index (χ4v) is 2.04. The van der Waals surface area contributed by atoms with Gasteiger partial charge in [0.2, 0.25) is 0 Å². The largest absolute Gasteiger partial charge is 0.392 e. The third-order valence-corrected chi connectivity index (χ3v) is 3.12. The summed E-state index contributed by atoms with van der Waals surface area (Å²) in [5.74, 6) is -0.303. The summed E-state index contributed by atoms with van der Waals surface area (Å²) in [5, 5.41) is 10.00. The van der Waals surface area contributed by atoms with Crippen molar-refractivity contribution < 1.29 is 9.50 Å². The third kappa shape index (κ3) is 1.26. The van der Waals surface area contributed by atoms with Crippen molar-refractivity contribution in [2.45, 2.75) is 13.5 Å². The Morgan fingerprint density at radius 2 is 2.21 bits per heavy atom. The van der Waals surface area contributed by atoms with Crippen molar-refractivity contribution >= 4 is 26.8 Å². The molecule has 0 saturated carbocycles. The normalized spacial score (nSPS) is 11.1. The Labute approximate surface area is 88.9 Å². The summed E-state index contributed by atoms with van der Waals surface area (Å²) >= 11 is 3.17. The van der Waals surface area contributed by atoms with Crippen molar-refractivity contribution in [2.24, 2.45) is 0 Å². The maximum absolute atomic E-state index is 13.2. The van der Waals surface area contributed by atoms with Crippen LogP contribution in [-0.4, -0.2) is 10.1 Å². The zero-order valence-electron chi connectivity index (χ0n) is 7.56. The molecule has 1 aromatic carbocycles. The Morgan fingerprint density at radius 1 is 1.50 bits per heavy atom. The molecule has 0 atom stereocenters.